The van der Waals surface area contributed by atoms with Gasteiger partial charge in [-0.2, -0.15) is 23.5 Å². The molecule has 6 atom stereocenters. The van der Waals surface area contributed by atoms with Crippen molar-refractivity contribution in [3.63, 3.8) is 0 Å². The Morgan fingerprint density at radius 1 is 0.596 bits per heavy atom. The number of rotatable bonds is 14. The molecular formula is C34H40N6Na2O8S2. The minimum Gasteiger partial charge on any atom is -0.545 e. The van der Waals surface area contributed by atoms with E-state index < -0.39 is 11.9 Å². The zero-order valence-corrected chi connectivity index (χ0v) is 34.9. The predicted molar refractivity (Wildman–Crippen MR) is 187 cm³/mol. The Balaban J connectivity index is 0.000000270. The minimum absolute atomic E-state index is 0. The van der Waals surface area contributed by atoms with Crippen LogP contribution in [0.1, 0.15) is 72.1 Å². The van der Waals surface area contributed by atoms with E-state index >= 15 is 0 Å². The zero-order chi connectivity index (χ0) is 35.6. The van der Waals surface area contributed by atoms with Crippen molar-refractivity contribution in [1.82, 2.24) is 21.3 Å². The van der Waals surface area contributed by atoms with Crippen molar-refractivity contribution in [2.24, 2.45) is 0 Å². The van der Waals surface area contributed by atoms with Gasteiger partial charge in [-0.3, -0.25) is 9.59 Å². The number of hydrogen-bond acceptors (Lipinski definition) is 10. The summed E-state index contributed by atoms with van der Waals surface area (Å²) in [5.74, 6) is -0.771. The number of hydrogen-bond donors (Lipinski definition) is 6. The van der Waals surface area contributed by atoms with E-state index in [1.807, 2.05) is 23.5 Å². The topological polar surface area (TPSA) is 221 Å². The SMILES string of the molecule is O=C(CCCCC1SC[C@@H]2NC(=O)N[C@H]12)Nc1ccc(C(=O)[O-])cc1.O=C(CCCCC1SC[C@@H]2NC(=O)N[C@H]12)Nc1ccc(C(=O)[O-])cc1.[Na+].[Na+]. The van der Waals surface area contributed by atoms with E-state index in [-0.39, 0.29) is 118 Å². The van der Waals surface area contributed by atoms with E-state index in [1.54, 1.807) is 24.3 Å². The Labute approximate surface area is 354 Å². The molecule has 52 heavy (non-hydrogen) atoms. The number of urea groups is 2. The van der Waals surface area contributed by atoms with Gasteiger partial charge in [-0.25, -0.2) is 9.59 Å². The third-order valence-corrected chi connectivity index (χ3v) is 12.0. The molecule has 0 saturated carbocycles. The summed E-state index contributed by atoms with van der Waals surface area (Å²) in [6, 6.07) is 12.5. The Morgan fingerprint density at radius 2 is 0.962 bits per heavy atom. The number of unbranched alkanes of at least 4 members (excludes halogenated alkanes) is 2. The van der Waals surface area contributed by atoms with Crippen molar-refractivity contribution in [1.29, 1.82) is 0 Å². The molecular weight excluding hydrogens is 731 g/mol. The summed E-state index contributed by atoms with van der Waals surface area (Å²) < 4.78 is 0. The molecule has 268 valence electrons. The number of nitrogens with one attached hydrogen (secondary N) is 6. The van der Waals surface area contributed by atoms with E-state index in [0.717, 1.165) is 50.0 Å². The summed E-state index contributed by atoms with van der Waals surface area (Å²) in [5, 5.41) is 39.4. The number of anilines is 2. The van der Waals surface area contributed by atoms with E-state index in [2.05, 4.69) is 31.9 Å². The first-order valence-electron chi connectivity index (χ1n) is 16.7. The number of thioether (sulfide) groups is 2. The average molecular weight is 771 g/mol. The standard InChI is InChI=1S/2C17H21N3O4S.2Na/c2*21-14(18-11-7-5-10(6-8-11)16(22)23)4-2-1-3-13-15-12(9-25-13)19-17(24)20-15;;/h2*5-8,12-13,15H,1-4,9H2,(H,18,21)(H,22,23)(H2,19,20,24);;/q;;2*+1/p-2/t2*12-,13?,15-;;/m00../s1. The fourth-order valence-corrected chi connectivity index (χ4v) is 9.46. The summed E-state index contributed by atoms with van der Waals surface area (Å²) in [6.45, 7) is 0. The molecule has 4 aliphatic rings. The average Bonchev–Trinajstić information content (AvgIpc) is 3.84. The number of carboxylic acids is 2. The van der Waals surface area contributed by atoms with E-state index in [1.165, 1.54) is 24.3 Å². The van der Waals surface area contributed by atoms with Gasteiger partial charge >= 0.3 is 71.2 Å². The molecule has 0 aliphatic carbocycles. The Bertz CT molecular complexity index is 1460. The van der Waals surface area contributed by atoms with Gasteiger partial charge < -0.3 is 51.7 Å². The molecule has 14 nitrogen and oxygen atoms in total. The molecule has 0 aromatic heterocycles. The van der Waals surface area contributed by atoms with Crippen LogP contribution in [0.25, 0.3) is 0 Å². The quantitative estimate of drug-likeness (QED) is 0.0614. The van der Waals surface area contributed by atoms with Crippen LogP contribution < -0.4 is 101 Å². The molecule has 6 rings (SSSR count). The number of aromatic carboxylic acids is 2. The minimum atomic E-state index is -1.24. The molecule has 2 aromatic rings. The molecule has 0 bridgehead atoms. The molecule has 18 heteroatoms. The summed E-state index contributed by atoms with van der Waals surface area (Å²) in [6.07, 6.45) is 6.18. The van der Waals surface area contributed by atoms with Gasteiger partial charge in [0.05, 0.1) is 36.1 Å². The molecule has 4 saturated heterocycles. The van der Waals surface area contributed by atoms with Crippen LogP contribution in [0.15, 0.2) is 48.5 Å². The van der Waals surface area contributed by atoms with Crippen LogP contribution >= 0.6 is 23.5 Å². The smallest absolute Gasteiger partial charge is 0.545 e. The van der Waals surface area contributed by atoms with Crippen LogP contribution in [0.4, 0.5) is 21.0 Å². The predicted octanol–water partition coefficient (Wildman–Crippen LogP) is -4.56. The normalized spacial score (nSPS) is 23.4. The maximum atomic E-state index is 11.9. The number of benzene rings is 2. The van der Waals surface area contributed by atoms with Crippen LogP contribution in [0.5, 0.6) is 0 Å². The third-order valence-electron chi connectivity index (χ3n) is 8.97. The number of carbonyl (C=O) groups is 6. The van der Waals surface area contributed by atoms with Gasteiger partial charge in [0.1, 0.15) is 0 Å². The molecule has 2 unspecified atom stereocenters. The first kappa shape index (κ1) is 44.0. The monoisotopic (exact) mass is 770 g/mol. The molecule has 0 spiro atoms. The second-order valence-corrected chi connectivity index (χ2v) is 15.1. The molecule has 4 fully saturated rings. The van der Waals surface area contributed by atoms with Crippen molar-refractivity contribution in [3.05, 3.63) is 59.7 Å². The second kappa shape index (κ2) is 21.4. The van der Waals surface area contributed by atoms with Crippen LogP contribution in [0.3, 0.4) is 0 Å². The van der Waals surface area contributed by atoms with Crippen LogP contribution in [0, 0.1) is 0 Å². The van der Waals surface area contributed by atoms with E-state index in [4.69, 9.17) is 0 Å². The maximum absolute atomic E-state index is 11.9. The number of carbonyl (C=O) groups excluding carboxylic acids is 6. The van der Waals surface area contributed by atoms with Crippen molar-refractivity contribution in [3.8, 4) is 0 Å². The van der Waals surface area contributed by atoms with E-state index in [9.17, 15) is 39.0 Å². The zero-order valence-electron chi connectivity index (χ0n) is 29.2. The molecule has 6 amide bonds. The first-order valence-corrected chi connectivity index (χ1v) is 18.8. The Morgan fingerprint density at radius 3 is 1.31 bits per heavy atom. The Kier molecular flexibility index (Phi) is 18.1. The number of amides is 6. The second-order valence-electron chi connectivity index (χ2n) is 12.6. The van der Waals surface area contributed by atoms with Gasteiger partial charge in [-0.05, 0) is 61.1 Å². The maximum Gasteiger partial charge on any atom is 1.00 e. The molecule has 6 N–H and O–H groups in total. The van der Waals surface area contributed by atoms with Gasteiger partial charge in [-0.1, -0.05) is 37.1 Å². The van der Waals surface area contributed by atoms with Crippen molar-refractivity contribution < 1.29 is 98.1 Å². The van der Waals surface area contributed by atoms with Crippen LogP contribution in [0.2, 0.25) is 0 Å². The fourth-order valence-electron chi connectivity index (χ4n) is 6.37. The number of fused-ring (bicyclic) bond motifs is 2. The van der Waals surface area contributed by atoms with Crippen molar-refractivity contribution in [2.45, 2.75) is 86.0 Å². The molecule has 4 aliphatic heterocycles. The summed E-state index contributed by atoms with van der Waals surface area (Å²) >= 11 is 3.74. The van der Waals surface area contributed by atoms with Gasteiger partial charge in [0.25, 0.3) is 0 Å². The summed E-state index contributed by atoms with van der Waals surface area (Å²) in [5.41, 5.74) is 1.31. The van der Waals surface area contributed by atoms with Crippen molar-refractivity contribution in [2.75, 3.05) is 22.1 Å². The van der Waals surface area contributed by atoms with Gasteiger partial charge in [0.2, 0.25) is 11.8 Å². The first-order chi connectivity index (χ1) is 24.0. The molecule has 2 aromatic carbocycles. The van der Waals surface area contributed by atoms with Gasteiger partial charge in [-0.15, -0.1) is 0 Å². The largest absolute Gasteiger partial charge is 1.00 e. The molecule has 0 radical (unpaired) electrons. The third kappa shape index (κ3) is 12.9. The Hall–Kier alpha value is -2.44. The summed E-state index contributed by atoms with van der Waals surface area (Å²) in [7, 11) is 0. The van der Waals surface area contributed by atoms with Gasteiger partial charge in [0, 0.05) is 46.2 Å². The van der Waals surface area contributed by atoms with Crippen molar-refractivity contribution >= 4 is 70.7 Å². The summed E-state index contributed by atoms with van der Waals surface area (Å²) in [4.78, 5) is 67.9. The molecule has 4 heterocycles. The van der Waals surface area contributed by atoms with Crippen LogP contribution in [-0.4, -0.2) is 82.0 Å². The van der Waals surface area contributed by atoms with E-state index in [0.29, 0.717) is 34.7 Å². The number of carboxylic acid groups (broad SMARTS) is 2. The van der Waals surface area contributed by atoms with Crippen LogP contribution in [-0.2, 0) is 9.59 Å². The fraction of sp³-hybridized carbons (Fsp3) is 0.471. The van der Waals surface area contributed by atoms with Gasteiger partial charge in [0.15, 0.2) is 0 Å².